The van der Waals surface area contributed by atoms with Crippen LogP contribution in [-0.4, -0.2) is 64.1 Å². The molecule has 0 spiro atoms. The van der Waals surface area contributed by atoms with Crippen molar-refractivity contribution < 1.29 is 24.1 Å². The van der Waals surface area contributed by atoms with Gasteiger partial charge in [0.05, 0.1) is 51.8 Å². The highest BCUT2D eigenvalue weighted by molar-refractivity contribution is 4.78. The summed E-state index contributed by atoms with van der Waals surface area (Å²) in [5, 5.41) is 9.81. The van der Waals surface area contributed by atoms with E-state index in [9.17, 15) is 5.11 Å². The van der Waals surface area contributed by atoms with Crippen molar-refractivity contribution in [3.05, 3.63) is 0 Å². The number of hydrogen-bond acceptors (Lipinski definition) is 5. The van der Waals surface area contributed by atoms with E-state index in [1.165, 1.54) is 0 Å². The second-order valence-corrected chi connectivity index (χ2v) is 5.11. The molecule has 0 aromatic carbocycles. The summed E-state index contributed by atoms with van der Waals surface area (Å²) in [6, 6.07) is 0. The van der Waals surface area contributed by atoms with Crippen molar-refractivity contribution >= 4 is 0 Å². The van der Waals surface area contributed by atoms with Crippen molar-refractivity contribution in [2.24, 2.45) is 5.92 Å². The molecule has 1 fully saturated rings. The van der Waals surface area contributed by atoms with Crippen molar-refractivity contribution in [1.82, 2.24) is 0 Å². The molecule has 0 aromatic rings. The van der Waals surface area contributed by atoms with E-state index in [0.717, 1.165) is 19.3 Å². The summed E-state index contributed by atoms with van der Waals surface area (Å²) >= 11 is 0. The van der Waals surface area contributed by atoms with Gasteiger partial charge >= 0.3 is 0 Å². The first-order chi connectivity index (χ1) is 9.24. The lowest BCUT2D eigenvalue weighted by molar-refractivity contribution is -0.0852. The van der Waals surface area contributed by atoms with Gasteiger partial charge in [-0.3, -0.25) is 0 Å². The van der Waals surface area contributed by atoms with Crippen LogP contribution < -0.4 is 0 Å². The maximum absolute atomic E-state index is 9.81. The van der Waals surface area contributed by atoms with Gasteiger partial charge in [0.1, 0.15) is 0 Å². The summed E-state index contributed by atoms with van der Waals surface area (Å²) in [6.45, 7) is 5.64. The molecule has 1 saturated carbocycles. The summed E-state index contributed by atoms with van der Waals surface area (Å²) in [7, 11) is 1.65. The normalized spacial score (nSPS) is 27.6. The Hall–Kier alpha value is -0.200. The number of hydrogen-bond donors (Lipinski definition) is 1. The molecule has 0 bridgehead atoms. The molecule has 1 rings (SSSR count). The van der Waals surface area contributed by atoms with Crippen LogP contribution in [0.3, 0.4) is 0 Å². The number of methoxy groups -OCH3 is 1. The largest absolute Gasteiger partial charge is 0.390 e. The molecule has 0 amide bonds. The molecule has 5 heteroatoms. The Balaban J connectivity index is 1.90. The van der Waals surface area contributed by atoms with Crippen LogP contribution in [0.15, 0.2) is 0 Å². The fourth-order valence-electron chi connectivity index (χ4n) is 2.21. The monoisotopic (exact) mass is 276 g/mol. The molecule has 3 atom stereocenters. The summed E-state index contributed by atoms with van der Waals surface area (Å²) in [4.78, 5) is 0. The molecular formula is C14H28O5. The van der Waals surface area contributed by atoms with Crippen molar-refractivity contribution in [2.75, 3.05) is 46.8 Å². The Morgan fingerprint density at radius 3 is 2.26 bits per heavy atom. The Morgan fingerprint density at radius 1 is 0.947 bits per heavy atom. The van der Waals surface area contributed by atoms with Gasteiger partial charge in [-0.2, -0.15) is 0 Å². The van der Waals surface area contributed by atoms with Crippen LogP contribution in [0.25, 0.3) is 0 Å². The first-order valence-electron chi connectivity index (χ1n) is 7.18. The van der Waals surface area contributed by atoms with Crippen molar-refractivity contribution in [2.45, 2.75) is 38.4 Å². The third-order valence-electron chi connectivity index (χ3n) is 3.38. The summed E-state index contributed by atoms with van der Waals surface area (Å²) in [6.07, 6.45) is 2.55. The SMILES string of the molecule is COCCOCCOCCOC1CC(C)CCC1O. The second kappa shape index (κ2) is 10.6. The summed E-state index contributed by atoms with van der Waals surface area (Å²) in [5.41, 5.74) is 0. The highest BCUT2D eigenvalue weighted by Crippen LogP contribution is 2.26. The van der Waals surface area contributed by atoms with E-state index in [-0.39, 0.29) is 12.2 Å². The third-order valence-corrected chi connectivity index (χ3v) is 3.38. The number of ether oxygens (including phenoxy) is 4. The molecule has 0 aliphatic heterocycles. The zero-order valence-electron chi connectivity index (χ0n) is 12.2. The van der Waals surface area contributed by atoms with E-state index in [1.54, 1.807) is 7.11 Å². The first-order valence-corrected chi connectivity index (χ1v) is 7.18. The van der Waals surface area contributed by atoms with Crippen LogP contribution in [0, 0.1) is 5.92 Å². The molecule has 5 nitrogen and oxygen atoms in total. The molecule has 0 radical (unpaired) electrons. The molecule has 114 valence electrons. The second-order valence-electron chi connectivity index (χ2n) is 5.11. The van der Waals surface area contributed by atoms with Gasteiger partial charge < -0.3 is 24.1 Å². The molecule has 0 heterocycles. The minimum absolute atomic E-state index is 0.0229. The summed E-state index contributed by atoms with van der Waals surface area (Å²) in [5.74, 6) is 0.642. The predicted molar refractivity (Wildman–Crippen MR) is 72.3 cm³/mol. The average molecular weight is 276 g/mol. The molecule has 1 aliphatic rings. The molecule has 1 N–H and O–H groups in total. The van der Waals surface area contributed by atoms with Crippen LogP contribution in [0.4, 0.5) is 0 Å². The molecule has 3 unspecified atom stereocenters. The van der Waals surface area contributed by atoms with Gasteiger partial charge in [0.25, 0.3) is 0 Å². The lowest BCUT2D eigenvalue weighted by Crippen LogP contribution is -2.36. The molecule has 1 aliphatic carbocycles. The van der Waals surface area contributed by atoms with Gasteiger partial charge in [-0.1, -0.05) is 6.92 Å². The fraction of sp³-hybridized carbons (Fsp3) is 1.00. The Labute approximate surface area is 116 Å². The van der Waals surface area contributed by atoms with Gasteiger partial charge in [-0.05, 0) is 25.2 Å². The molecule has 19 heavy (non-hydrogen) atoms. The highest BCUT2D eigenvalue weighted by Gasteiger charge is 2.27. The number of aliphatic hydroxyl groups is 1. The minimum Gasteiger partial charge on any atom is -0.390 e. The lowest BCUT2D eigenvalue weighted by Gasteiger charge is -2.31. The fourth-order valence-corrected chi connectivity index (χ4v) is 2.21. The lowest BCUT2D eigenvalue weighted by atomic mass is 9.86. The third kappa shape index (κ3) is 7.84. The van der Waals surface area contributed by atoms with E-state index >= 15 is 0 Å². The standard InChI is InChI=1S/C14H28O5/c1-12-3-4-13(15)14(11-12)19-10-9-18-8-7-17-6-5-16-2/h12-15H,3-11H2,1-2H3. The van der Waals surface area contributed by atoms with Gasteiger partial charge in [0.2, 0.25) is 0 Å². The average Bonchev–Trinajstić information content (AvgIpc) is 2.40. The van der Waals surface area contributed by atoms with Gasteiger partial charge in [-0.15, -0.1) is 0 Å². The first kappa shape index (κ1) is 16.9. The van der Waals surface area contributed by atoms with E-state index in [1.807, 2.05) is 0 Å². The van der Waals surface area contributed by atoms with E-state index in [2.05, 4.69) is 6.92 Å². The molecule has 0 saturated heterocycles. The predicted octanol–water partition coefficient (Wildman–Crippen LogP) is 1.23. The van der Waals surface area contributed by atoms with Crippen LogP contribution in [0.5, 0.6) is 0 Å². The Bertz CT molecular complexity index is 212. The van der Waals surface area contributed by atoms with Gasteiger partial charge in [0.15, 0.2) is 0 Å². The van der Waals surface area contributed by atoms with Gasteiger partial charge in [0, 0.05) is 7.11 Å². The number of aliphatic hydroxyl groups excluding tert-OH is 1. The van der Waals surface area contributed by atoms with Crippen molar-refractivity contribution in [1.29, 1.82) is 0 Å². The van der Waals surface area contributed by atoms with Gasteiger partial charge in [-0.25, -0.2) is 0 Å². The minimum atomic E-state index is -0.312. The Kier molecular flexibility index (Phi) is 9.38. The maximum atomic E-state index is 9.81. The van der Waals surface area contributed by atoms with Crippen LogP contribution >= 0.6 is 0 Å². The van der Waals surface area contributed by atoms with E-state index in [0.29, 0.717) is 45.6 Å². The molecular weight excluding hydrogens is 248 g/mol. The van der Waals surface area contributed by atoms with Crippen LogP contribution in [-0.2, 0) is 18.9 Å². The number of rotatable bonds is 10. The van der Waals surface area contributed by atoms with E-state index < -0.39 is 0 Å². The van der Waals surface area contributed by atoms with Crippen molar-refractivity contribution in [3.8, 4) is 0 Å². The topological polar surface area (TPSA) is 57.2 Å². The summed E-state index contributed by atoms with van der Waals surface area (Å²) < 4.78 is 21.2. The smallest absolute Gasteiger partial charge is 0.0837 e. The van der Waals surface area contributed by atoms with E-state index in [4.69, 9.17) is 18.9 Å². The Morgan fingerprint density at radius 2 is 1.58 bits per heavy atom. The maximum Gasteiger partial charge on any atom is 0.0837 e. The zero-order chi connectivity index (χ0) is 13.9. The van der Waals surface area contributed by atoms with Crippen molar-refractivity contribution in [3.63, 3.8) is 0 Å². The van der Waals surface area contributed by atoms with Crippen LogP contribution in [0.2, 0.25) is 0 Å². The zero-order valence-corrected chi connectivity index (χ0v) is 12.2. The van der Waals surface area contributed by atoms with Crippen LogP contribution in [0.1, 0.15) is 26.2 Å². The quantitative estimate of drug-likeness (QED) is 0.608. The molecule has 0 aromatic heterocycles. The highest BCUT2D eigenvalue weighted by atomic mass is 16.6.